The molecule has 0 atom stereocenters. The van der Waals surface area contributed by atoms with Gasteiger partial charge >= 0.3 is 5.97 Å². The Kier molecular flexibility index (Phi) is 3.50. The highest BCUT2D eigenvalue weighted by atomic mass is 79.9. The van der Waals surface area contributed by atoms with E-state index >= 15 is 0 Å². The molecule has 0 saturated heterocycles. The summed E-state index contributed by atoms with van der Waals surface area (Å²) >= 11 is 8.93. The van der Waals surface area contributed by atoms with Gasteiger partial charge in [0.15, 0.2) is 0 Å². The first-order valence-electron chi connectivity index (χ1n) is 3.57. The van der Waals surface area contributed by atoms with Crippen molar-refractivity contribution in [3.63, 3.8) is 0 Å². The Labute approximate surface area is 94.4 Å². The Morgan fingerprint density at radius 3 is 2.79 bits per heavy atom. The van der Waals surface area contributed by atoms with Gasteiger partial charge in [0.25, 0.3) is 0 Å². The van der Waals surface area contributed by atoms with Crippen molar-refractivity contribution >= 4 is 33.5 Å². The molecule has 0 aliphatic carbocycles. The zero-order valence-corrected chi connectivity index (χ0v) is 9.52. The number of carbonyl (C=O) groups excluding carboxylic acids is 1. The van der Waals surface area contributed by atoms with Crippen LogP contribution in [0.4, 0.5) is 0 Å². The Morgan fingerprint density at radius 1 is 1.64 bits per heavy atom. The smallest absolute Gasteiger partial charge is 0.337 e. The highest BCUT2D eigenvalue weighted by Gasteiger charge is 2.12. The molecule has 72 valence electrons. The predicted molar refractivity (Wildman–Crippen MR) is 55.2 cm³/mol. The third-order valence-corrected chi connectivity index (χ3v) is 2.95. The molecule has 0 aliphatic rings. The van der Waals surface area contributed by atoms with Gasteiger partial charge in [-0.3, -0.25) is 0 Å². The first-order valence-corrected chi connectivity index (χ1v) is 4.74. The molecule has 5 heteroatoms. The van der Waals surface area contributed by atoms with Gasteiger partial charge in [0.2, 0.25) is 0 Å². The summed E-state index contributed by atoms with van der Waals surface area (Å²) in [4.78, 5) is 11.1. The summed E-state index contributed by atoms with van der Waals surface area (Å²) in [6.07, 6.45) is 0. The van der Waals surface area contributed by atoms with Crippen molar-refractivity contribution in [2.45, 2.75) is 0 Å². The van der Waals surface area contributed by atoms with E-state index in [4.69, 9.17) is 16.9 Å². The number of nitrogens with zero attached hydrogens (tertiary/aromatic N) is 1. The monoisotopic (exact) mass is 273 g/mol. The number of esters is 1. The van der Waals surface area contributed by atoms with Crippen molar-refractivity contribution in [3.8, 4) is 6.07 Å². The van der Waals surface area contributed by atoms with E-state index in [9.17, 15) is 4.79 Å². The van der Waals surface area contributed by atoms with Crippen LogP contribution < -0.4 is 0 Å². The lowest BCUT2D eigenvalue weighted by molar-refractivity contribution is 0.0600. The number of carbonyl (C=O) groups is 1. The molecule has 3 nitrogen and oxygen atoms in total. The van der Waals surface area contributed by atoms with Gasteiger partial charge in [0, 0.05) is 0 Å². The first-order chi connectivity index (χ1) is 6.60. The van der Waals surface area contributed by atoms with Crippen LogP contribution in [0.5, 0.6) is 0 Å². The average molecular weight is 275 g/mol. The maximum atomic E-state index is 11.1. The molecule has 0 aromatic heterocycles. The maximum absolute atomic E-state index is 11.1. The number of nitriles is 1. The van der Waals surface area contributed by atoms with E-state index in [-0.39, 0.29) is 5.56 Å². The van der Waals surface area contributed by atoms with Gasteiger partial charge in [-0.1, -0.05) is 11.6 Å². The summed E-state index contributed by atoms with van der Waals surface area (Å²) < 4.78 is 4.99. The van der Waals surface area contributed by atoms with Gasteiger partial charge in [0.1, 0.15) is 6.07 Å². The molecule has 0 radical (unpaired) electrons. The van der Waals surface area contributed by atoms with Crippen LogP contribution >= 0.6 is 27.5 Å². The summed E-state index contributed by atoms with van der Waals surface area (Å²) in [5.74, 6) is -0.518. The van der Waals surface area contributed by atoms with Gasteiger partial charge in [0.05, 0.1) is 27.7 Å². The average Bonchev–Trinajstić information content (AvgIpc) is 2.20. The normalized spacial score (nSPS) is 9.29. The summed E-state index contributed by atoms with van der Waals surface area (Å²) in [6.45, 7) is 0. The molecule has 0 spiro atoms. The standard InChI is InChI=1S/C9H5BrClNO2/c1-14-9(13)5-2-6(4-12)8(10)7(11)3-5/h2-3H,1H3. The lowest BCUT2D eigenvalue weighted by Gasteiger charge is -2.03. The molecular weight excluding hydrogens is 269 g/mol. The lowest BCUT2D eigenvalue weighted by atomic mass is 10.1. The molecule has 0 bridgehead atoms. The fourth-order valence-corrected chi connectivity index (χ4v) is 1.44. The number of hydrogen-bond donors (Lipinski definition) is 0. The van der Waals surface area contributed by atoms with E-state index in [1.165, 1.54) is 19.2 Å². The second-order valence-electron chi connectivity index (χ2n) is 2.42. The SMILES string of the molecule is COC(=O)c1cc(Cl)c(Br)c(C#N)c1. The van der Waals surface area contributed by atoms with E-state index in [1.54, 1.807) is 0 Å². The van der Waals surface area contributed by atoms with Crippen molar-refractivity contribution in [2.24, 2.45) is 0 Å². The fourth-order valence-electron chi connectivity index (χ4n) is 0.906. The highest BCUT2D eigenvalue weighted by molar-refractivity contribution is 9.10. The Morgan fingerprint density at radius 2 is 2.29 bits per heavy atom. The predicted octanol–water partition coefficient (Wildman–Crippen LogP) is 2.76. The van der Waals surface area contributed by atoms with Crippen LogP contribution in [0.25, 0.3) is 0 Å². The Hall–Kier alpha value is -1.05. The zero-order chi connectivity index (χ0) is 10.7. The van der Waals surface area contributed by atoms with E-state index in [0.717, 1.165) is 0 Å². The molecule has 0 heterocycles. The maximum Gasteiger partial charge on any atom is 0.337 e. The molecule has 0 amide bonds. The topological polar surface area (TPSA) is 50.1 Å². The molecule has 0 unspecified atom stereocenters. The second-order valence-corrected chi connectivity index (χ2v) is 3.62. The summed E-state index contributed by atoms with van der Waals surface area (Å²) in [5, 5.41) is 9.04. The number of rotatable bonds is 1. The van der Waals surface area contributed by atoms with E-state index in [2.05, 4.69) is 20.7 Å². The molecule has 1 aromatic rings. The van der Waals surface area contributed by atoms with Gasteiger partial charge in [-0.25, -0.2) is 4.79 Å². The van der Waals surface area contributed by atoms with Crippen LogP contribution in [0, 0.1) is 11.3 Å². The first kappa shape index (κ1) is 11.0. The minimum absolute atomic E-state index is 0.261. The molecular formula is C9H5BrClNO2. The van der Waals surface area contributed by atoms with Crippen molar-refractivity contribution in [1.29, 1.82) is 5.26 Å². The molecule has 14 heavy (non-hydrogen) atoms. The highest BCUT2D eigenvalue weighted by Crippen LogP contribution is 2.27. The van der Waals surface area contributed by atoms with Crippen LogP contribution in [0.3, 0.4) is 0 Å². The number of ether oxygens (including phenoxy) is 1. The zero-order valence-electron chi connectivity index (χ0n) is 7.17. The fraction of sp³-hybridized carbons (Fsp3) is 0.111. The minimum atomic E-state index is -0.518. The minimum Gasteiger partial charge on any atom is -0.465 e. The van der Waals surface area contributed by atoms with Crippen molar-refractivity contribution in [1.82, 2.24) is 0 Å². The Balaban J connectivity index is 3.32. The van der Waals surface area contributed by atoms with E-state index in [1.807, 2.05) is 6.07 Å². The van der Waals surface area contributed by atoms with E-state index in [0.29, 0.717) is 15.1 Å². The molecule has 1 aromatic carbocycles. The third-order valence-electron chi connectivity index (χ3n) is 1.57. The van der Waals surface area contributed by atoms with Gasteiger partial charge in [-0.15, -0.1) is 0 Å². The number of methoxy groups -OCH3 is 1. The quantitative estimate of drug-likeness (QED) is 0.740. The van der Waals surface area contributed by atoms with Crippen molar-refractivity contribution in [2.75, 3.05) is 7.11 Å². The molecule has 0 aliphatic heterocycles. The van der Waals surface area contributed by atoms with Crippen LogP contribution in [0.2, 0.25) is 5.02 Å². The van der Waals surface area contributed by atoms with Gasteiger partial charge < -0.3 is 4.74 Å². The van der Waals surface area contributed by atoms with Crippen LogP contribution in [0.1, 0.15) is 15.9 Å². The molecule has 0 saturated carbocycles. The van der Waals surface area contributed by atoms with Crippen molar-refractivity contribution < 1.29 is 9.53 Å². The van der Waals surface area contributed by atoms with Gasteiger partial charge in [-0.2, -0.15) is 5.26 Å². The summed E-state index contributed by atoms with van der Waals surface area (Å²) in [7, 11) is 1.27. The summed E-state index contributed by atoms with van der Waals surface area (Å²) in [6, 6.07) is 4.78. The molecule has 1 rings (SSSR count). The molecule has 0 N–H and O–H groups in total. The second kappa shape index (κ2) is 4.45. The largest absolute Gasteiger partial charge is 0.465 e. The lowest BCUT2D eigenvalue weighted by Crippen LogP contribution is -2.01. The Bertz CT molecular complexity index is 426. The van der Waals surface area contributed by atoms with E-state index < -0.39 is 5.97 Å². The number of halogens is 2. The van der Waals surface area contributed by atoms with Crippen LogP contribution in [0.15, 0.2) is 16.6 Å². The summed E-state index contributed by atoms with van der Waals surface area (Å²) in [5.41, 5.74) is 0.565. The third kappa shape index (κ3) is 2.06. The molecule has 0 fully saturated rings. The van der Waals surface area contributed by atoms with Gasteiger partial charge in [-0.05, 0) is 28.1 Å². The van der Waals surface area contributed by atoms with Crippen molar-refractivity contribution in [3.05, 3.63) is 32.8 Å². The van der Waals surface area contributed by atoms with Crippen LogP contribution in [-0.4, -0.2) is 13.1 Å². The number of hydrogen-bond acceptors (Lipinski definition) is 3. The van der Waals surface area contributed by atoms with Crippen LogP contribution in [-0.2, 0) is 4.74 Å². The number of benzene rings is 1.